The fraction of sp³-hybridized carbons (Fsp3) is 0.324. The van der Waals surface area contributed by atoms with Crippen LogP contribution in [0.5, 0.6) is 5.75 Å². The van der Waals surface area contributed by atoms with Gasteiger partial charge in [0.2, 0.25) is 0 Å². The van der Waals surface area contributed by atoms with Crippen molar-refractivity contribution in [1.82, 2.24) is 19.8 Å². The summed E-state index contributed by atoms with van der Waals surface area (Å²) in [6, 6.07) is 13.0. The van der Waals surface area contributed by atoms with Gasteiger partial charge < -0.3 is 24.6 Å². The Labute approximate surface area is 294 Å². The van der Waals surface area contributed by atoms with Crippen molar-refractivity contribution >= 4 is 52.9 Å². The predicted molar refractivity (Wildman–Crippen MR) is 191 cm³/mol. The van der Waals surface area contributed by atoms with E-state index in [2.05, 4.69) is 20.5 Å². The van der Waals surface area contributed by atoms with Gasteiger partial charge in [0.25, 0.3) is 5.91 Å². The van der Waals surface area contributed by atoms with E-state index in [4.69, 9.17) is 27.9 Å². The molecule has 0 bridgehead atoms. The molecule has 1 amide bonds. The second-order valence-electron chi connectivity index (χ2n) is 12.6. The minimum atomic E-state index is -1.03. The van der Waals surface area contributed by atoms with Gasteiger partial charge in [-0.25, -0.2) is 9.37 Å². The molecule has 3 N–H and O–H groups in total. The van der Waals surface area contributed by atoms with E-state index in [0.29, 0.717) is 53.8 Å². The third-order valence-corrected chi connectivity index (χ3v) is 10.2. The van der Waals surface area contributed by atoms with Crippen LogP contribution in [0.1, 0.15) is 64.0 Å². The molecule has 256 valence electrons. The standard InChI is InChI=1S/C37H38Cl2FN5O4/c1-5-49-30-18-23(31(38)33(40)26(30)19-41-37(15-16-37)36(47)48)13-12-22-8-6-9-24(21(22)2)25-10-7-11-27(32(25)39)43-35(46)34-42-28-20-44(3)17-14-29(28)45(34)4/h6-13,18,41H,5,14-17,19-20H2,1-4H3,(H,43,46)(H,47,48). The lowest BCUT2D eigenvalue weighted by Gasteiger charge is -2.21. The minimum Gasteiger partial charge on any atom is -0.493 e. The summed E-state index contributed by atoms with van der Waals surface area (Å²) in [7, 11) is 3.90. The number of nitrogens with one attached hydrogen (secondary N) is 2. The van der Waals surface area contributed by atoms with Crippen molar-refractivity contribution in [3.8, 4) is 16.9 Å². The molecule has 0 spiro atoms. The SMILES string of the molecule is CCOc1cc(C=Cc2cccc(-c3cccc(NC(=O)c4nc5c(n4C)CCN(C)C5)c3Cl)c2C)c(Cl)c(F)c1CNC1(C(=O)O)CC1. The van der Waals surface area contributed by atoms with E-state index in [-0.39, 0.29) is 23.0 Å². The number of hydrogen-bond donors (Lipinski definition) is 3. The zero-order chi connectivity index (χ0) is 35.0. The number of halogens is 3. The second kappa shape index (κ2) is 14.0. The number of carboxylic acid groups (broad SMARTS) is 1. The van der Waals surface area contributed by atoms with Crippen LogP contribution in [0.3, 0.4) is 0 Å². The minimum absolute atomic E-state index is 0.0278. The van der Waals surface area contributed by atoms with Gasteiger partial charge in [-0.05, 0) is 68.1 Å². The summed E-state index contributed by atoms with van der Waals surface area (Å²) >= 11 is 13.4. The Bertz CT molecular complexity index is 1990. The number of aromatic nitrogens is 2. The van der Waals surface area contributed by atoms with Crippen LogP contribution in [0.25, 0.3) is 23.3 Å². The van der Waals surface area contributed by atoms with Crippen LogP contribution in [0.2, 0.25) is 10.0 Å². The molecule has 6 rings (SSSR count). The van der Waals surface area contributed by atoms with Crippen molar-refractivity contribution in [2.75, 3.05) is 25.5 Å². The summed E-state index contributed by atoms with van der Waals surface area (Å²) in [5.41, 5.74) is 5.38. The number of benzene rings is 3. The normalized spacial score (nSPS) is 15.3. The molecular weight excluding hydrogens is 668 g/mol. The molecule has 2 aliphatic rings. The molecule has 1 aliphatic carbocycles. The molecule has 4 aromatic rings. The monoisotopic (exact) mass is 705 g/mol. The Morgan fingerprint density at radius 3 is 2.51 bits per heavy atom. The van der Waals surface area contributed by atoms with Gasteiger partial charge in [-0.2, -0.15) is 0 Å². The maximum Gasteiger partial charge on any atom is 0.323 e. The first-order valence-corrected chi connectivity index (χ1v) is 16.9. The van der Waals surface area contributed by atoms with Gasteiger partial charge in [0.05, 0.1) is 28.0 Å². The quantitative estimate of drug-likeness (QED) is 0.140. The number of anilines is 1. The van der Waals surface area contributed by atoms with E-state index in [0.717, 1.165) is 46.6 Å². The van der Waals surface area contributed by atoms with E-state index in [1.807, 2.05) is 62.0 Å². The first-order valence-electron chi connectivity index (χ1n) is 16.2. The molecule has 1 aliphatic heterocycles. The van der Waals surface area contributed by atoms with Crippen LogP contribution in [0, 0.1) is 12.7 Å². The van der Waals surface area contributed by atoms with E-state index >= 15 is 4.39 Å². The number of carboxylic acids is 1. The van der Waals surface area contributed by atoms with Gasteiger partial charge in [-0.15, -0.1) is 0 Å². The molecule has 1 saturated carbocycles. The Morgan fingerprint density at radius 1 is 1.08 bits per heavy atom. The highest BCUT2D eigenvalue weighted by Crippen LogP contribution is 2.39. The number of ether oxygens (including phenoxy) is 1. The van der Waals surface area contributed by atoms with Crippen molar-refractivity contribution in [2.45, 2.75) is 51.7 Å². The van der Waals surface area contributed by atoms with Crippen molar-refractivity contribution in [3.05, 3.63) is 97.8 Å². The third-order valence-electron chi connectivity index (χ3n) is 9.36. The Kier molecular flexibility index (Phi) is 9.86. The summed E-state index contributed by atoms with van der Waals surface area (Å²) in [6.45, 7) is 5.63. The summed E-state index contributed by atoms with van der Waals surface area (Å²) in [6.07, 6.45) is 5.36. The van der Waals surface area contributed by atoms with Gasteiger partial charge in [0.15, 0.2) is 11.6 Å². The Balaban J connectivity index is 1.25. The maximum atomic E-state index is 15.6. The second-order valence-corrected chi connectivity index (χ2v) is 13.4. The molecule has 0 saturated heterocycles. The lowest BCUT2D eigenvalue weighted by Crippen LogP contribution is -2.38. The molecule has 3 aromatic carbocycles. The largest absolute Gasteiger partial charge is 0.493 e. The van der Waals surface area contributed by atoms with Gasteiger partial charge in [-0.3, -0.25) is 14.9 Å². The molecule has 0 unspecified atom stereocenters. The molecule has 0 radical (unpaired) electrons. The number of rotatable bonds is 11. The van der Waals surface area contributed by atoms with Crippen molar-refractivity contribution < 1.29 is 23.8 Å². The van der Waals surface area contributed by atoms with Crippen LogP contribution in [0.15, 0.2) is 42.5 Å². The van der Waals surface area contributed by atoms with E-state index < -0.39 is 17.3 Å². The number of aliphatic carboxylic acids is 1. The molecule has 1 fully saturated rings. The van der Waals surface area contributed by atoms with Gasteiger partial charge >= 0.3 is 5.97 Å². The average molecular weight is 707 g/mol. The number of carbonyl (C=O) groups is 2. The molecule has 1 aromatic heterocycles. The smallest absolute Gasteiger partial charge is 0.323 e. The highest BCUT2D eigenvalue weighted by molar-refractivity contribution is 6.36. The number of hydrogen-bond acceptors (Lipinski definition) is 6. The Morgan fingerprint density at radius 2 is 1.80 bits per heavy atom. The first-order chi connectivity index (χ1) is 23.4. The highest BCUT2D eigenvalue weighted by Gasteiger charge is 2.50. The lowest BCUT2D eigenvalue weighted by molar-refractivity contribution is -0.140. The summed E-state index contributed by atoms with van der Waals surface area (Å²) < 4.78 is 23.2. The summed E-state index contributed by atoms with van der Waals surface area (Å²) in [4.78, 5) is 31.8. The van der Waals surface area contributed by atoms with Crippen molar-refractivity contribution in [2.24, 2.45) is 7.05 Å². The number of amides is 1. The number of carbonyl (C=O) groups excluding carboxylic acids is 1. The van der Waals surface area contributed by atoms with Crippen LogP contribution >= 0.6 is 23.2 Å². The van der Waals surface area contributed by atoms with Crippen molar-refractivity contribution in [3.63, 3.8) is 0 Å². The molecular formula is C37H38Cl2FN5O4. The number of nitrogens with zero attached hydrogens (tertiary/aromatic N) is 3. The number of imidazole rings is 1. The van der Waals surface area contributed by atoms with Crippen LogP contribution in [-0.4, -0.2) is 57.2 Å². The van der Waals surface area contributed by atoms with Crippen LogP contribution in [0.4, 0.5) is 10.1 Å². The molecule has 2 heterocycles. The van der Waals surface area contributed by atoms with Crippen molar-refractivity contribution in [1.29, 1.82) is 0 Å². The molecule has 9 nitrogen and oxygen atoms in total. The number of likely N-dealkylation sites (N-methyl/N-ethyl adjacent to an activating group) is 1. The van der Waals surface area contributed by atoms with E-state index in [9.17, 15) is 14.7 Å². The third kappa shape index (κ3) is 6.83. The topological polar surface area (TPSA) is 109 Å². The Hall–Kier alpha value is -4.22. The first kappa shape index (κ1) is 34.6. The zero-order valence-electron chi connectivity index (χ0n) is 27.8. The zero-order valence-corrected chi connectivity index (χ0v) is 29.3. The average Bonchev–Trinajstić information content (AvgIpc) is 3.80. The summed E-state index contributed by atoms with van der Waals surface area (Å²) in [5, 5.41) is 15.7. The molecule has 0 atom stereocenters. The predicted octanol–water partition coefficient (Wildman–Crippen LogP) is 7.36. The van der Waals surface area contributed by atoms with E-state index in [1.165, 1.54) is 0 Å². The number of fused-ring (bicyclic) bond motifs is 1. The summed E-state index contributed by atoms with van der Waals surface area (Å²) in [5.74, 6) is -1.31. The van der Waals surface area contributed by atoms with Crippen LogP contribution < -0.4 is 15.4 Å². The van der Waals surface area contributed by atoms with Crippen LogP contribution in [-0.2, 0) is 31.4 Å². The van der Waals surface area contributed by atoms with Gasteiger partial charge in [-0.1, -0.05) is 65.7 Å². The molecule has 49 heavy (non-hydrogen) atoms. The van der Waals surface area contributed by atoms with E-state index in [1.54, 1.807) is 25.1 Å². The highest BCUT2D eigenvalue weighted by atomic mass is 35.5. The van der Waals surface area contributed by atoms with Gasteiger partial charge in [0, 0.05) is 49.9 Å². The lowest BCUT2D eigenvalue weighted by atomic mass is 9.95. The fourth-order valence-corrected chi connectivity index (χ4v) is 6.77. The maximum absolute atomic E-state index is 15.6. The molecule has 12 heteroatoms. The fourth-order valence-electron chi connectivity index (χ4n) is 6.26. The van der Waals surface area contributed by atoms with Gasteiger partial charge in [0.1, 0.15) is 11.3 Å².